The van der Waals surface area contributed by atoms with Gasteiger partial charge in [-0.15, -0.1) is 0 Å². The number of nitrogen functional groups attached to an aromatic ring is 1. The SMILES string of the molecule is CCc1ncnc(-c2ccc(C(=O)N3CCN(C)C[C@H]3C)c(F)c2)c1-c1ccc(N)nc1. The minimum atomic E-state index is -0.559. The third kappa shape index (κ3) is 4.18. The number of halogens is 1. The quantitative estimate of drug-likeness (QED) is 0.678. The standard InChI is InChI=1S/C24H27FN6O/c1-4-20-22(17-6-8-21(26)27-12-17)23(29-14-28-20)16-5-7-18(19(25)11-16)24(32)31-10-9-30(3)13-15(31)2/h5-8,11-12,14-15H,4,9-10,13H2,1-3H3,(H2,26,27)/t15-/m1/s1. The van der Waals surface area contributed by atoms with Crippen molar-refractivity contribution in [2.75, 3.05) is 32.4 Å². The summed E-state index contributed by atoms with van der Waals surface area (Å²) in [5.41, 5.74) is 9.40. The van der Waals surface area contributed by atoms with E-state index in [0.29, 0.717) is 30.0 Å². The summed E-state index contributed by atoms with van der Waals surface area (Å²) in [4.78, 5) is 30.0. The van der Waals surface area contributed by atoms with E-state index in [-0.39, 0.29) is 17.5 Å². The summed E-state index contributed by atoms with van der Waals surface area (Å²) in [5.74, 6) is -0.427. The number of rotatable bonds is 4. The van der Waals surface area contributed by atoms with E-state index >= 15 is 4.39 Å². The fraction of sp³-hybridized carbons (Fsp3) is 0.333. The predicted molar refractivity (Wildman–Crippen MR) is 122 cm³/mol. The highest BCUT2D eigenvalue weighted by Gasteiger charge is 2.28. The number of hydrogen-bond donors (Lipinski definition) is 1. The molecule has 0 saturated carbocycles. The lowest BCUT2D eigenvalue weighted by Crippen LogP contribution is -2.52. The highest BCUT2D eigenvalue weighted by molar-refractivity contribution is 5.95. The summed E-state index contributed by atoms with van der Waals surface area (Å²) in [6.07, 6.45) is 3.82. The van der Waals surface area contributed by atoms with E-state index in [4.69, 9.17) is 5.73 Å². The molecule has 1 aromatic carbocycles. The van der Waals surface area contributed by atoms with Crippen LogP contribution in [0, 0.1) is 5.82 Å². The zero-order chi connectivity index (χ0) is 22.8. The zero-order valence-electron chi connectivity index (χ0n) is 18.5. The van der Waals surface area contributed by atoms with Crippen molar-refractivity contribution in [3.63, 3.8) is 0 Å². The molecule has 2 aromatic heterocycles. The molecular formula is C24H27FN6O. The molecule has 1 atom stereocenters. The number of carbonyl (C=O) groups excluding carboxylic acids is 1. The Morgan fingerprint density at radius 1 is 1.16 bits per heavy atom. The maximum Gasteiger partial charge on any atom is 0.257 e. The number of pyridine rings is 1. The van der Waals surface area contributed by atoms with Crippen LogP contribution in [0.2, 0.25) is 0 Å². The second kappa shape index (κ2) is 9.00. The summed E-state index contributed by atoms with van der Waals surface area (Å²) in [6.45, 7) is 6.11. The van der Waals surface area contributed by atoms with E-state index in [9.17, 15) is 4.79 Å². The molecule has 1 fully saturated rings. The molecular weight excluding hydrogens is 407 g/mol. The molecule has 1 amide bonds. The third-order valence-electron chi connectivity index (χ3n) is 5.90. The van der Waals surface area contributed by atoms with Gasteiger partial charge in [-0.3, -0.25) is 4.79 Å². The van der Waals surface area contributed by atoms with Crippen molar-refractivity contribution in [1.29, 1.82) is 0 Å². The number of nitrogens with two attached hydrogens (primary N) is 1. The van der Waals surface area contributed by atoms with Gasteiger partial charge in [0.05, 0.1) is 17.0 Å². The minimum absolute atomic E-state index is 0.0268. The van der Waals surface area contributed by atoms with Crippen molar-refractivity contribution in [1.82, 2.24) is 24.8 Å². The van der Waals surface area contributed by atoms with Crippen molar-refractivity contribution in [3.8, 4) is 22.4 Å². The number of piperazine rings is 1. The summed E-state index contributed by atoms with van der Waals surface area (Å²) in [6, 6.07) is 8.27. The molecule has 32 heavy (non-hydrogen) atoms. The van der Waals surface area contributed by atoms with Gasteiger partial charge in [0, 0.05) is 48.6 Å². The second-order valence-electron chi connectivity index (χ2n) is 8.17. The first kappa shape index (κ1) is 21.8. The van der Waals surface area contributed by atoms with Crippen LogP contribution < -0.4 is 5.73 Å². The van der Waals surface area contributed by atoms with Crippen molar-refractivity contribution in [3.05, 3.63) is 59.9 Å². The van der Waals surface area contributed by atoms with Crippen molar-refractivity contribution < 1.29 is 9.18 Å². The molecule has 1 aliphatic heterocycles. The largest absolute Gasteiger partial charge is 0.384 e. The Labute approximate surface area is 187 Å². The van der Waals surface area contributed by atoms with Gasteiger partial charge in [0.25, 0.3) is 5.91 Å². The first-order valence-electron chi connectivity index (χ1n) is 10.7. The Bertz CT molecular complexity index is 1130. The number of aromatic nitrogens is 3. The molecule has 0 aliphatic carbocycles. The van der Waals surface area contributed by atoms with Crippen molar-refractivity contribution in [2.45, 2.75) is 26.3 Å². The smallest absolute Gasteiger partial charge is 0.257 e. The molecule has 0 bridgehead atoms. The van der Waals surface area contributed by atoms with E-state index in [2.05, 4.69) is 19.9 Å². The Kier molecular flexibility index (Phi) is 6.14. The van der Waals surface area contributed by atoms with Gasteiger partial charge in [-0.25, -0.2) is 19.3 Å². The van der Waals surface area contributed by atoms with Crippen LogP contribution in [-0.2, 0) is 6.42 Å². The fourth-order valence-electron chi connectivity index (χ4n) is 4.20. The topological polar surface area (TPSA) is 88.2 Å². The van der Waals surface area contributed by atoms with Gasteiger partial charge in [-0.1, -0.05) is 13.0 Å². The van der Waals surface area contributed by atoms with E-state index in [1.807, 2.05) is 27.0 Å². The van der Waals surface area contributed by atoms with Gasteiger partial charge in [0.1, 0.15) is 18.0 Å². The molecule has 2 N–H and O–H groups in total. The number of anilines is 1. The fourth-order valence-corrected chi connectivity index (χ4v) is 4.20. The van der Waals surface area contributed by atoms with E-state index in [0.717, 1.165) is 29.9 Å². The van der Waals surface area contributed by atoms with E-state index < -0.39 is 5.82 Å². The number of likely N-dealkylation sites (N-methyl/N-ethyl adjacent to an activating group) is 1. The van der Waals surface area contributed by atoms with Gasteiger partial charge in [0.2, 0.25) is 0 Å². The molecule has 8 heteroatoms. The predicted octanol–water partition coefficient (Wildman–Crippen LogP) is 3.27. The number of nitrogens with zero attached hydrogens (tertiary/aromatic N) is 5. The molecule has 166 valence electrons. The summed E-state index contributed by atoms with van der Waals surface area (Å²) in [5, 5.41) is 0. The first-order chi connectivity index (χ1) is 15.4. The Balaban J connectivity index is 1.72. The molecule has 3 aromatic rings. The summed E-state index contributed by atoms with van der Waals surface area (Å²) in [7, 11) is 2.02. The number of hydrogen-bond acceptors (Lipinski definition) is 6. The van der Waals surface area contributed by atoms with Crippen molar-refractivity contribution >= 4 is 11.7 Å². The van der Waals surface area contributed by atoms with Crippen LogP contribution in [0.25, 0.3) is 22.4 Å². The molecule has 7 nitrogen and oxygen atoms in total. The number of aryl methyl sites for hydroxylation is 1. The summed E-state index contributed by atoms with van der Waals surface area (Å²) >= 11 is 0. The van der Waals surface area contributed by atoms with Crippen molar-refractivity contribution in [2.24, 2.45) is 0 Å². The maximum absolute atomic E-state index is 15.2. The molecule has 0 spiro atoms. The minimum Gasteiger partial charge on any atom is -0.384 e. The van der Waals surface area contributed by atoms with Gasteiger partial charge in [-0.2, -0.15) is 0 Å². The number of carbonyl (C=O) groups is 1. The second-order valence-corrected chi connectivity index (χ2v) is 8.17. The van der Waals surface area contributed by atoms with Crippen LogP contribution in [0.1, 0.15) is 29.9 Å². The molecule has 0 unspecified atom stereocenters. The lowest BCUT2D eigenvalue weighted by Gasteiger charge is -2.38. The summed E-state index contributed by atoms with van der Waals surface area (Å²) < 4.78 is 15.2. The van der Waals surface area contributed by atoms with Gasteiger partial charge < -0.3 is 15.5 Å². The highest BCUT2D eigenvalue weighted by atomic mass is 19.1. The van der Waals surface area contributed by atoms with Crippen LogP contribution in [0.15, 0.2) is 42.9 Å². The van der Waals surface area contributed by atoms with E-state index in [1.54, 1.807) is 29.3 Å². The van der Waals surface area contributed by atoms with Crippen LogP contribution in [0.5, 0.6) is 0 Å². The van der Waals surface area contributed by atoms with Gasteiger partial charge in [-0.05, 0) is 44.7 Å². The Morgan fingerprint density at radius 2 is 1.94 bits per heavy atom. The monoisotopic (exact) mass is 434 g/mol. The van der Waals surface area contributed by atoms with Crippen LogP contribution in [0.4, 0.5) is 10.2 Å². The molecule has 4 rings (SSSR count). The average molecular weight is 435 g/mol. The lowest BCUT2D eigenvalue weighted by atomic mass is 9.96. The molecule has 0 radical (unpaired) electrons. The van der Waals surface area contributed by atoms with Crippen LogP contribution in [-0.4, -0.2) is 63.4 Å². The highest BCUT2D eigenvalue weighted by Crippen LogP contribution is 2.33. The van der Waals surface area contributed by atoms with Crippen LogP contribution >= 0.6 is 0 Å². The first-order valence-corrected chi connectivity index (χ1v) is 10.7. The van der Waals surface area contributed by atoms with Crippen LogP contribution in [0.3, 0.4) is 0 Å². The molecule has 3 heterocycles. The zero-order valence-corrected chi connectivity index (χ0v) is 18.5. The maximum atomic E-state index is 15.2. The average Bonchev–Trinajstić information content (AvgIpc) is 2.78. The number of amides is 1. The lowest BCUT2D eigenvalue weighted by molar-refractivity contribution is 0.0529. The third-order valence-corrected chi connectivity index (χ3v) is 5.90. The van der Waals surface area contributed by atoms with Gasteiger partial charge >= 0.3 is 0 Å². The Morgan fingerprint density at radius 3 is 2.59 bits per heavy atom. The van der Waals surface area contributed by atoms with Gasteiger partial charge in [0.15, 0.2) is 0 Å². The molecule has 1 saturated heterocycles. The van der Waals surface area contributed by atoms with E-state index in [1.165, 1.54) is 12.4 Å². The number of benzene rings is 1. The Hall–Kier alpha value is -3.39. The molecule has 1 aliphatic rings. The normalized spacial score (nSPS) is 16.9.